The molecule has 0 amide bonds. The first-order chi connectivity index (χ1) is 19.2. The molecule has 5 fully saturated rings. The highest BCUT2D eigenvalue weighted by Crippen LogP contribution is 2.70. The van der Waals surface area contributed by atoms with Crippen LogP contribution in [0.2, 0.25) is 0 Å². The van der Waals surface area contributed by atoms with Gasteiger partial charge in [0, 0.05) is 30.3 Å². The number of rotatable bonds is 4. The standard InChI is InChI=1S/C29H44O12/c1-13-22(34)23(35)24(36)25(40-13)41-15-8-19(32)28(12-30)21-17(3-5-27(28,37)9-15)29(38)6-4-16(14-7-20(33)39-11-14)26(29,2)10-18(21)31/h7,13,15-19,21-25,30-32,34-38H,3-6,8-12H2,1-2H3/t13-,15-,16+,17+,18+,19+,21+,22+,23+,24+,25-,26+,27-,28+,29-/m0/s1. The van der Waals surface area contributed by atoms with E-state index >= 15 is 0 Å². The highest BCUT2D eigenvalue weighted by molar-refractivity contribution is 5.85. The lowest BCUT2D eigenvalue weighted by atomic mass is 9.40. The summed E-state index contributed by atoms with van der Waals surface area (Å²) in [7, 11) is 0. The van der Waals surface area contributed by atoms with E-state index < -0.39 is 95.5 Å². The van der Waals surface area contributed by atoms with E-state index in [0.29, 0.717) is 19.3 Å². The Morgan fingerprint density at radius 2 is 1.76 bits per heavy atom. The second-order valence-corrected chi connectivity index (χ2v) is 13.8. The van der Waals surface area contributed by atoms with Gasteiger partial charge in [-0.25, -0.2) is 4.79 Å². The van der Waals surface area contributed by atoms with Crippen molar-refractivity contribution in [3.63, 3.8) is 0 Å². The van der Waals surface area contributed by atoms with Crippen molar-refractivity contribution in [3.05, 3.63) is 11.6 Å². The van der Waals surface area contributed by atoms with Crippen LogP contribution in [0.25, 0.3) is 0 Å². The van der Waals surface area contributed by atoms with E-state index in [4.69, 9.17) is 14.2 Å². The molecule has 6 aliphatic rings. The van der Waals surface area contributed by atoms with Crippen molar-refractivity contribution in [2.45, 2.75) is 119 Å². The fraction of sp³-hybridized carbons (Fsp3) is 0.897. The van der Waals surface area contributed by atoms with Gasteiger partial charge >= 0.3 is 5.97 Å². The highest BCUT2D eigenvalue weighted by Gasteiger charge is 2.75. The van der Waals surface area contributed by atoms with Crippen LogP contribution in [0.5, 0.6) is 0 Å². The van der Waals surface area contributed by atoms with Crippen LogP contribution in [-0.2, 0) is 19.0 Å². The normalized spacial score (nSPS) is 56.9. The predicted molar refractivity (Wildman–Crippen MR) is 139 cm³/mol. The molecule has 0 bridgehead atoms. The molecule has 1 saturated heterocycles. The van der Waals surface area contributed by atoms with Crippen LogP contribution in [0.1, 0.15) is 58.8 Å². The lowest BCUT2D eigenvalue weighted by molar-refractivity contribution is -0.342. The molecule has 2 aliphatic heterocycles. The third-order valence-corrected chi connectivity index (χ3v) is 12.2. The maximum atomic E-state index is 12.4. The van der Waals surface area contributed by atoms with Crippen LogP contribution >= 0.6 is 0 Å². The molecule has 12 nitrogen and oxygen atoms in total. The molecule has 15 atom stereocenters. The monoisotopic (exact) mass is 584 g/mol. The molecule has 8 N–H and O–H groups in total. The van der Waals surface area contributed by atoms with Crippen LogP contribution in [0.15, 0.2) is 11.6 Å². The van der Waals surface area contributed by atoms with E-state index in [-0.39, 0.29) is 38.2 Å². The molecule has 0 aromatic rings. The van der Waals surface area contributed by atoms with Gasteiger partial charge in [-0.2, -0.15) is 0 Å². The minimum atomic E-state index is -1.67. The molecule has 6 rings (SSSR count). The maximum Gasteiger partial charge on any atom is 0.331 e. The summed E-state index contributed by atoms with van der Waals surface area (Å²) >= 11 is 0. The van der Waals surface area contributed by atoms with E-state index in [0.717, 1.165) is 5.57 Å². The van der Waals surface area contributed by atoms with Gasteiger partial charge in [0.1, 0.15) is 24.9 Å². The Hall–Kier alpha value is -1.19. The molecular formula is C29H44O12. The van der Waals surface area contributed by atoms with E-state index in [1.165, 1.54) is 13.0 Å². The first-order valence-electron chi connectivity index (χ1n) is 14.9. The summed E-state index contributed by atoms with van der Waals surface area (Å²) in [6.45, 7) is 3.00. The lowest BCUT2D eigenvalue weighted by Gasteiger charge is -2.68. The van der Waals surface area contributed by atoms with Crippen LogP contribution < -0.4 is 0 Å². The quantitative estimate of drug-likeness (QED) is 0.140. The van der Waals surface area contributed by atoms with E-state index in [9.17, 15) is 45.6 Å². The lowest BCUT2D eigenvalue weighted by Crippen LogP contribution is -2.76. The topological polar surface area (TPSA) is 207 Å². The number of aliphatic hydroxyl groups excluding tert-OH is 6. The van der Waals surface area contributed by atoms with Gasteiger partial charge in [-0.1, -0.05) is 6.92 Å². The zero-order valence-electron chi connectivity index (χ0n) is 23.5. The third-order valence-electron chi connectivity index (χ3n) is 12.2. The molecule has 0 spiro atoms. The molecule has 0 aromatic carbocycles. The minimum absolute atomic E-state index is 0.0369. The molecule has 41 heavy (non-hydrogen) atoms. The van der Waals surface area contributed by atoms with Crippen molar-refractivity contribution in [2.75, 3.05) is 13.2 Å². The van der Waals surface area contributed by atoms with Gasteiger partial charge in [0.2, 0.25) is 0 Å². The van der Waals surface area contributed by atoms with Crippen molar-refractivity contribution in [2.24, 2.45) is 28.6 Å². The summed E-state index contributed by atoms with van der Waals surface area (Å²) in [6.07, 6.45) is -6.68. The highest BCUT2D eigenvalue weighted by atomic mass is 16.7. The van der Waals surface area contributed by atoms with Crippen molar-refractivity contribution in [3.8, 4) is 0 Å². The van der Waals surface area contributed by atoms with Crippen molar-refractivity contribution >= 4 is 5.97 Å². The number of carbonyl (C=O) groups is 1. The number of hydrogen-bond donors (Lipinski definition) is 8. The van der Waals surface area contributed by atoms with Crippen LogP contribution in [-0.4, -0.2) is 120 Å². The Morgan fingerprint density at radius 3 is 2.41 bits per heavy atom. The van der Waals surface area contributed by atoms with Gasteiger partial charge < -0.3 is 55.1 Å². The number of hydrogen-bond acceptors (Lipinski definition) is 12. The van der Waals surface area contributed by atoms with Gasteiger partial charge in [0.25, 0.3) is 0 Å². The Bertz CT molecular complexity index is 1080. The summed E-state index contributed by atoms with van der Waals surface area (Å²) in [5.41, 5.74) is -4.46. The molecule has 12 heteroatoms. The number of carbonyl (C=O) groups excluding carboxylic acids is 1. The zero-order chi connectivity index (χ0) is 29.7. The first-order valence-corrected chi connectivity index (χ1v) is 14.9. The second-order valence-electron chi connectivity index (χ2n) is 13.8. The van der Waals surface area contributed by atoms with Gasteiger partial charge in [0.15, 0.2) is 6.29 Å². The van der Waals surface area contributed by atoms with Crippen molar-refractivity contribution < 1.29 is 59.9 Å². The van der Waals surface area contributed by atoms with Crippen molar-refractivity contribution in [1.82, 2.24) is 0 Å². The number of fused-ring (bicyclic) bond motifs is 5. The summed E-state index contributed by atoms with van der Waals surface area (Å²) in [6, 6.07) is 0. The maximum absolute atomic E-state index is 12.4. The van der Waals surface area contributed by atoms with Crippen LogP contribution in [0.4, 0.5) is 0 Å². The fourth-order valence-corrected chi connectivity index (χ4v) is 10.1. The number of cyclic esters (lactones) is 1. The molecule has 4 aliphatic carbocycles. The molecule has 4 saturated carbocycles. The Labute approximate surface area is 238 Å². The molecule has 0 radical (unpaired) electrons. The van der Waals surface area contributed by atoms with Crippen LogP contribution in [0, 0.1) is 28.6 Å². The average Bonchev–Trinajstić information content (AvgIpc) is 3.45. The first kappa shape index (κ1) is 29.9. The summed E-state index contributed by atoms with van der Waals surface area (Å²) in [5, 5.41) is 89.6. The van der Waals surface area contributed by atoms with Gasteiger partial charge in [-0.15, -0.1) is 0 Å². The molecule has 232 valence electrons. The van der Waals surface area contributed by atoms with E-state index in [1.807, 2.05) is 6.92 Å². The second kappa shape index (κ2) is 9.91. The Balaban J connectivity index is 1.28. The smallest absolute Gasteiger partial charge is 0.331 e. The molecular weight excluding hydrogens is 540 g/mol. The number of ether oxygens (including phenoxy) is 3. The SMILES string of the molecule is C[C@@H]1O[C@@H](O[C@H]2C[C@@H](O)[C@]3(CO)[C@H]4[C@H](O)C[C@]5(C)[C@@H](C6=CC(=O)OC6)CC[C@]5(O)[C@@H]4CC[C@]3(O)C2)[C@H](O)[C@H](O)[C@@H]1O. The van der Waals surface area contributed by atoms with E-state index in [1.54, 1.807) is 0 Å². The Morgan fingerprint density at radius 1 is 1.02 bits per heavy atom. The molecule has 2 heterocycles. The summed E-state index contributed by atoms with van der Waals surface area (Å²) in [5.74, 6) is -1.93. The summed E-state index contributed by atoms with van der Waals surface area (Å²) < 4.78 is 16.7. The average molecular weight is 585 g/mol. The third kappa shape index (κ3) is 3.99. The van der Waals surface area contributed by atoms with Crippen LogP contribution in [0.3, 0.4) is 0 Å². The largest absolute Gasteiger partial charge is 0.458 e. The number of aliphatic hydroxyl groups is 8. The van der Waals surface area contributed by atoms with Crippen molar-refractivity contribution in [1.29, 1.82) is 0 Å². The minimum Gasteiger partial charge on any atom is -0.458 e. The fourth-order valence-electron chi connectivity index (χ4n) is 10.1. The van der Waals surface area contributed by atoms with Gasteiger partial charge in [-0.3, -0.25) is 0 Å². The molecule has 0 aromatic heterocycles. The number of esters is 1. The summed E-state index contributed by atoms with van der Waals surface area (Å²) in [4.78, 5) is 11.8. The van der Waals surface area contributed by atoms with E-state index in [2.05, 4.69) is 0 Å². The Kier molecular flexibility index (Phi) is 7.22. The zero-order valence-corrected chi connectivity index (χ0v) is 23.5. The van der Waals surface area contributed by atoms with Gasteiger partial charge in [0.05, 0.1) is 47.6 Å². The molecule has 0 unspecified atom stereocenters. The predicted octanol–water partition coefficient (Wildman–Crippen LogP) is -1.51. The van der Waals surface area contributed by atoms with Gasteiger partial charge in [-0.05, 0) is 56.4 Å².